The zero-order valence-electron chi connectivity index (χ0n) is 13.2. The number of nitrogens with two attached hydrogens (primary N) is 1. The number of rotatable bonds is 5. The van der Waals surface area contributed by atoms with Gasteiger partial charge in [0.1, 0.15) is 11.8 Å². The molecule has 6 nitrogen and oxygen atoms in total. The summed E-state index contributed by atoms with van der Waals surface area (Å²) in [6.07, 6.45) is 0. The molecule has 0 aliphatic heterocycles. The third-order valence-corrected chi connectivity index (χ3v) is 3.25. The molecule has 6 heteroatoms. The predicted octanol–water partition coefficient (Wildman–Crippen LogP) is 1.33. The Hall–Kier alpha value is -2.24. The Kier molecular flexibility index (Phi) is 5.58. The fourth-order valence-corrected chi connectivity index (χ4v) is 2.41. The molecule has 1 atom stereocenters. The van der Waals surface area contributed by atoms with E-state index in [0.29, 0.717) is 6.54 Å². The first-order valence-corrected chi connectivity index (χ1v) is 6.71. The van der Waals surface area contributed by atoms with Crippen LogP contribution in [0.4, 0.5) is 4.79 Å². The summed E-state index contributed by atoms with van der Waals surface area (Å²) < 4.78 is 5.32. The van der Waals surface area contributed by atoms with E-state index >= 15 is 0 Å². The molecule has 0 saturated heterocycles. The van der Waals surface area contributed by atoms with Crippen molar-refractivity contribution >= 4 is 11.9 Å². The summed E-state index contributed by atoms with van der Waals surface area (Å²) in [6, 6.07) is 2.62. The van der Waals surface area contributed by atoms with Gasteiger partial charge in [0.15, 0.2) is 0 Å². The Morgan fingerprint density at radius 2 is 1.86 bits per heavy atom. The van der Waals surface area contributed by atoms with Gasteiger partial charge in [-0.25, -0.2) is 4.79 Å². The maximum atomic E-state index is 12.1. The van der Waals surface area contributed by atoms with Gasteiger partial charge >= 0.3 is 6.03 Å². The van der Waals surface area contributed by atoms with E-state index in [1.165, 1.54) is 0 Å². The molecule has 0 aromatic heterocycles. The van der Waals surface area contributed by atoms with Crippen LogP contribution in [-0.4, -0.2) is 37.0 Å². The van der Waals surface area contributed by atoms with Gasteiger partial charge < -0.3 is 20.7 Å². The summed E-state index contributed by atoms with van der Waals surface area (Å²) in [5.41, 5.74) is 8.08. The van der Waals surface area contributed by atoms with Crippen LogP contribution in [0.25, 0.3) is 0 Å². The molecule has 0 fully saturated rings. The fourth-order valence-electron chi connectivity index (χ4n) is 2.41. The number of likely N-dealkylation sites (N-methyl/N-ethyl adjacent to an activating group) is 1. The first-order chi connectivity index (χ1) is 9.76. The molecule has 0 bridgehead atoms. The van der Waals surface area contributed by atoms with E-state index in [4.69, 9.17) is 10.5 Å². The van der Waals surface area contributed by atoms with Gasteiger partial charge in [0.2, 0.25) is 5.91 Å². The maximum Gasteiger partial charge on any atom is 0.312 e. The zero-order valence-corrected chi connectivity index (χ0v) is 13.2. The molecule has 1 aromatic carbocycles. The molecule has 0 aliphatic carbocycles. The summed E-state index contributed by atoms with van der Waals surface area (Å²) in [5.74, 6) is 0.663. The molecule has 116 valence electrons. The smallest absolute Gasteiger partial charge is 0.312 e. The van der Waals surface area contributed by atoms with E-state index in [9.17, 15) is 9.59 Å². The van der Waals surface area contributed by atoms with E-state index in [2.05, 4.69) is 5.32 Å². The van der Waals surface area contributed by atoms with Gasteiger partial charge in [-0.1, -0.05) is 12.1 Å². The highest BCUT2D eigenvalue weighted by Gasteiger charge is 2.19. The second-order valence-corrected chi connectivity index (χ2v) is 5.19. The van der Waals surface area contributed by atoms with Crippen molar-refractivity contribution in [1.29, 1.82) is 0 Å². The molecule has 3 amide bonds. The number of methoxy groups -OCH3 is 1. The predicted molar refractivity (Wildman–Crippen MR) is 81.1 cm³/mol. The SMILES string of the molecule is COc1c(C)cc(CN(C)C(=O)[C@@H](C)NC(N)=O)cc1C. The normalized spacial score (nSPS) is 11.7. The number of nitrogens with one attached hydrogen (secondary N) is 1. The second kappa shape index (κ2) is 6.97. The molecule has 3 N–H and O–H groups in total. The minimum absolute atomic E-state index is 0.195. The van der Waals surface area contributed by atoms with Crippen LogP contribution in [0, 0.1) is 13.8 Å². The lowest BCUT2D eigenvalue weighted by atomic mass is 10.1. The Balaban J connectivity index is 2.81. The van der Waals surface area contributed by atoms with Gasteiger partial charge in [0.25, 0.3) is 0 Å². The van der Waals surface area contributed by atoms with E-state index in [0.717, 1.165) is 22.4 Å². The molecule has 1 aromatic rings. The van der Waals surface area contributed by atoms with Gasteiger partial charge in [-0.2, -0.15) is 0 Å². The van der Waals surface area contributed by atoms with Crippen molar-refractivity contribution in [3.63, 3.8) is 0 Å². The highest BCUT2D eigenvalue weighted by Crippen LogP contribution is 2.24. The number of aryl methyl sites for hydroxylation is 2. The number of carbonyl (C=O) groups is 2. The van der Waals surface area contributed by atoms with Gasteiger partial charge in [-0.3, -0.25) is 4.79 Å². The summed E-state index contributed by atoms with van der Waals surface area (Å²) >= 11 is 0. The van der Waals surface area contributed by atoms with Crippen LogP contribution in [0.3, 0.4) is 0 Å². The maximum absolute atomic E-state index is 12.1. The van der Waals surface area contributed by atoms with Gasteiger partial charge in [-0.15, -0.1) is 0 Å². The number of benzene rings is 1. The molecule has 0 saturated carbocycles. The molecule has 0 aliphatic rings. The van der Waals surface area contributed by atoms with Crippen LogP contribution in [0.5, 0.6) is 5.75 Å². The van der Waals surface area contributed by atoms with Crippen molar-refractivity contribution < 1.29 is 14.3 Å². The minimum Gasteiger partial charge on any atom is -0.496 e. The Labute approximate surface area is 125 Å². The molecular formula is C15H23N3O3. The lowest BCUT2D eigenvalue weighted by molar-refractivity contribution is -0.132. The molecular weight excluding hydrogens is 270 g/mol. The number of hydrogen-bond donors (Lipinski definition) is 2. The number of ether oxygens (including phenoxy) is 1. The van der Waals surface area contributed by atoms with Crippen molar-refractivity contribution in [2.75, 3.05) is 14.2 Å². The van der Waals surface area contributed by atoms with Crippen LogP contribution >= 0.6 is 0 Å². The monoisotopic (exact) mass is 293 g/mol. The van der Waals surface area contributed by atoms with Gasteiger partial charge in [0, 0.05) is 13.6 Å². The van der Waals surface area contributed by atoms with Crippen LogP contribution in [0.2, 0.25) is 0 Å². The van der Waals surface area contributed by atoms with Gasteiger partial charge in [0.05, 0.1) is 7.11 Å². The van der Waals surface area contributed by atoms with Crippen molar-refractivity contribution in [2.24, 2.45) is 5.73 Å². The van der Waals surface area contributed by atoms with Crippen LogP contribution < -0.4 is 15.8 Å². The lowest BCUT2D eigenvalue weighted by Gasteiger charge is -2.22. The van der Waals surface area contributed by atoms with Crippen LogP contribution in [-0.2, 0) is 11.3 Å². The molecule has 0 spiro atoms. The molecule has 0 unspecified atom stereocenters. The minimum atomic E-state index is -0.708. The number of hydrogen-bond acceptors (Lipinski definition) is 3. The highest BCUT2D eigenvalue weighted by molar-refractivity contribution is 5.86. The Morgan fingerprint density at radius 1 is 1.33 bits per heavy atom. The van der Waals surface area contributed by atoms with Crippen LogP contribution in [0.15, 0.2) is 12.1 Å². The zero-order chi connectivity index (χ0) is 16.2. The molecule has 0 heterocycles. The second-order valence-electron chi connectivity index (χ2n) is 5.19. The summed E-state index contributed by atoms with van der Waals surface area (Å²) in [7, 11) is 3.33. The first kappa shape index (κ1) is 16.8. The van der Waals surface area contributed by atoms with Crippen molar-refractivity contribution in [3.8, 4) is 5.75 Å². The van der Waals surface area contributed by atoms with Gasteiger partial charge in [-0.05, 0) is 37.5 Å². The molecule has 0 radical (unpaired) electrons. The topological polar surface area (TPSA) is 84.7 Å². The Bertz CT molecular complexity index is 520. The lowest BCUT2D eigenvalue weighted by Crippen LogP contribution is -2.47. The summed E-state index contributed by atoms with van der Waals surface area (Å²) in [5, 5.41) is 2.38. The molecule has 21 heavy (non-hydrogen) atoms. The average Bonchev–Trinajstić information content (AvgIpc) is 2.36. The van der Waals surface area contributed by atoms with Crippen molar-refractivity contribution in [2.45, 2.75) is 33.4 Å². The number of primary amides is 1. The number of nitrogens with zero attached hydrogens (tertiary/aromatic N) is 1. The summed E-state index contributed by atoms with van der Waals surface area (Å²) in [4.78, 5) is 24.4. The molecule has 1 rings (SSSR count). The van der Waals surface area contributed by atoms with E-state index in [1.54, 1.807) is 26.0 Å². The third kappa shape index (κ3) is 4.37. The number of amides is 3. The van der Waals surface area contributed by atoms with Crippen molar-refractivity contribution in [1.82, 2.24) is 10.2 Å². The largest absolute Gasteiger partial charge is 0.496 e. The van der Waals surface area contributed by atoms with E-state index < -0.39 is 12.1 Å². The van der Waals surface area contributed by atoms with Crippen LogP contribution in [0.1, 0.15) is 23.6 Å². The van der Waals surface area contributed by atoms with E-state index in [-0.39, 0.29) is 5.91 Å². The van der Waals surface area contributed by atoms with E-state index in [1.807, 2.05) is 26.0 Å². The Morgan fingerprint density at radius 3 is 2.29 bits per heavy atom. The quantitative estimate of drug-likeness (QED) is 0.859. The number of urea groups is 1. The summed E-state index contributed by atoms with van der Waals surface area (Å²) in [6.45, 7) is 5.99. The third-order valence-electron chi connectivity index (χ3n) is 3.25. The highest BCUT2D eigenvalue weighted by atomic mass is 16.5. The first-order valence-electron chi connectivity index (χ1n) is 6.71. The average molecular weight is 293 g/mol. The fraction of sp³-hybridized carbons (Fsp3) is 0.467. The van der Waals surface area contributed by atoms with Crippen molar-refractivity contribution in [3.05, 3.63) is 28.8 Å². The standard InChI is InChI=1S/C15H23N3O3/c1-9-6-12(7-10(2)13(9)21-5)8-18(4)14(19)11(3)17-15(16)20/h6-7,11H,8H2,1-5H3,(H3,16,17,20)/t11-/m1/s1. The number of carbonyl (C=O) groups excluding carboxylic acids is 2.